The molecule has 3 N–H and O–H groups in total. The van der Waals surface area contributed by atoms with Crippen molar-refractivity contribution in [2.75, 3.05) is 0 Å². The third-order valence-electron chi connectivity index (χ3n) is 4.12. The summed E-state index contributed by atoms with van der Waals surface area (Å²) in [5.74, 6) is 13.3. The Kier molecular flexibility index (Phi) is 5.89. The van der Waals surface area contributed by atoms with Crippen molar-refractivity contribution in [2.24, 2.45) is 22.6 Å². The van der Waals surface area contributed by atoms with Crippen molar-refractivity contribution >= 4 is 0 Å². The summed E-state index contributed by atoms with van der Waals surface area (Å²) in [4.78, 5) is 0. The molecule has 0 aliphatic heterocycles. The van der Waals surface area contributed by atoms with E-state index >= 15 is 0 Å². The first-order valence-electron chi connectivity index (χ1n) is 7.75. The van der Waals surface area contributed by atoms with E-state index in [2.05, 4.69) is 51.9 Å². The van der Waals surface area contributed by atoms with Crippen LogP contribution in [0.15, 0.2) is 0 Å². The van der Waals surface area contributed by atoms with E-state index in [1.807, 2.05) is 0 Å². The van der Waals surface area contributed by atoms with Gasteiger partial charge in [-0.05, 0) is 51.4 Å². The summed E-state index contributed by atoms with van der Waals surface area (Å²) in [6.07, 6.45) is 7.43. The number of hydrogen-bond donors (Lipinski definition) is 2. The van der Waals surface area contributed by atoms with E-state index in [1.54, 1.807) is 0 Å². The minimum atomic E-state index is 0.0834. The van der Waals surface area contributed by atoms with Crippen LogP contribution in [0.2, 0.25) is 0 Å². The molecule has 0 aromatic carbocycles. The normalized spacial score (nSPS) is 20.2. The number of hydrazine groups is 1. The second kappa shape index (κ2) is 6.77. The van der Waals surface area contributed by atoms with Crippen molar-refractivity contribution in [1.29, 1.82) is 0 Å². The highest BCUT2D eigenvalue weighted by Crippen LogP contribution is 2.46. The summed E-state index contributed by atoms with van der Waals surface area (Å²) in [5, 5.41) is 0. The van der Waals surface area contributed by atoms with Crippen LogP contribution in [0.25, 0.3) is 0 Å². The topological polar surface area (TPSA) is 38.0 Å². The molecule has 0 saturated heterocycles. The summed E-state index contributed by atoms with van der Waals surface area (Å²) in [6, 6.07) is 0.340. The SMILES string of the molecule is CC(C)CC1(C(CC#CC(C)(C)C)NN)CCCC1. The monoisotopic (exact) mass is 264 g/mol. The van der Waals surface area contributed by atoms with Gasteiger partial charge < -0.3 is 0 Å². The van der Waals surface area contributed by atoms with Crippen LogP contribution < -0.4 is 11.3 Å². The van der Waals surface area contributed by atoms with Crippen molar-refractivity contribution in [2.45, 2.75) is 79.2 Å². The molecule has 1 fully saturated rings. The van der Waals surface area contributed by atoms with Gasteiger partial charge in [-0.2, -0.15) is 0 Å². The van der Waals surface area contributed by atoms with Gasteiger partial charge in [-0.15, -0.1) is 5.92 Å². The molecule has 2 nitrogen and oxygen atoms in total. The first-order valence-corrected chi connectivity index (χ1v) is 7.75. The lowest BCUT2D eigenvalue weighted by atomic mass is 9.72. The summed E-state index contributed by atoms with van der Waals surface area (Å²) in [7, 11) is 0. The van der Waals surface area contributed by atoms with Crippen molar-refractivity contribution in [3.63, 3.8) is 0 Å². The standard InChI is InChI=1S/C17H32N2/c1-14(2)13-17(11-6-7-12-17)15(19-18)9-8-10-16(3,4)5/h14-15,19H,6-7,9,11-13,18H2,1-5H3. The lowest BCUT2D eigenvalue weighted by Gasteiger charge is -2.38. The zero-order valence-corrected chi connectivity index (χ0v) is 13.5. The van der Waals surface area contributed by atoms with Crippen LogP contribution in [-0.4, -0.2) is 6.04 Å². The Bertz CT molecular complexity index is 321. The molecule has 19 heavy (non-hydrogen) atoms. The average molecular weight is 264 g/mol. The van der Waals surface area contributed by atoms with Gasteiger partial charge in [0.05, 0.1) is 0 Å². The molecule has 1 unspecified atom stereocenters. The molecule has 1 saturated carbocycles. The predicted octanol–water partition coefficient (Wildman–Crippen LogP) is 3.86. The van der Waals surface area contributed by atoms with Gasteiger partial charge in [-0.3, -0.25) is 11.3 Å². The molecule has 0 aromatic heterocycles. The maximum atomic E-state index is 5.85. The second-order valence-corrected chi connectivity index (χ2v) is 7.64. The first kappa shape index (κ1) is 16.5. The van der Waals surface area contributed by atoms with Crippen molar-refractivity contribution in [1.82, 2.24) is 5.43 Å². The lowest BCUT2D eigenvalue weighted by Crippen LogP contribution is -2.47. The molecule has 1 atom stereocenters. The number of nitrogens with one attached hydrogen (secondary N) is 1. The van der Waals surface area contributed by atoms with Crippen molar-refractivity contribution in [3.05, 3.63) is 0 Å². The van der Waals surface area contributed by atoms with E-state index < -0.39 is 0 Å². The number of rotatable bonds is 5. The van der Waals surface area contributed by atoms with Crippen LogP contribution >= 0.6 is 0 Å². The van der Waals surface area contributed by atoms with E-state index in [0.29, 0.717) is 11.5 Å². The van der Waals surface area contributed by atoms with E-state index in [9.17, 15) is 0 Å². The fourth-order valence-electron chi connectivity index (χ4n) is 3.46. The Hall–Kier alpha value is -0.520. The van der Waals surface area contributed by atoms with Gasteiger partial charge in [0.25, 0.3) is 0 Å². The molecule has 2 heteroatoms. The number of nitrogens with two attached hydrogens (primary N) is 1. The first-order chi connectivity index (χ1) is 8.79. The summed E-state index contributed by atoms with van der Waals surface area (Å²) in [6.45, 7) is 11.1. The average Bonchev–Trinajstić information content (AvgIpc) is 2.71. The van der Waals surface area contributed by atoms with Crippen molar-refractivity contribution in [3.8, 4) is 11.8 Å². The van der Waals surface area contributed by atoms with Crippen LogP contribution in [0.4, 0.5) is 0 Å². The summed E-state index contributed by atoms with van der Waals surface area (Å²) in [5.41, 5.74) is 3.53. The van der Waals surface area contributed by atoms with E-state index in [0.717, 1.165) is 12.3 Å². The Morgan fingerprint density at radius 1 is 1.21 bits per heavy atom. The predicted molar refractivity (Wildman–Crippen MR) is 83.3 cm³/mol. The molecule has 0 aromatic rings. The minimum absolute atomic E-state index is 0.0834. The molecular formula is C17H32N2. The Labute approximate surface area is 119 Å². The van der Waals surface area contributed by atoms with Crippen molar-refractivity contribution < 1.29 is 0 Å². The Balaban J connectivity index is 2.76. The van der Waals surface area contributed by atoms with Gasteiger partial charge in [0, 0.05) is 17.9 Å². The largest absolute Gasteiger partial charge is 0.271 e. The molecule has 1 aliphatic rings. The Morgan fingerprint density at radius 2 is 1.79 bits per heavy atom. The molecule has 0 bridgehead atoms. The van der Waals surface area contributed by atoms with Crippen LogP contribution in [0.3, 0.4) is 0 Å². The highest BCUT2D eigenvalue weighted by atomic mass is 15.2. The molecule has 1 aliphatic carbocycles. The minimum Gasteiger partial charge on any atom is -0.271 e. The molecule has 0 spiro atoms. The molecular weight excluding hydrogens is 232 g/mol. The smallest absolute Gasteiger partial charge is 0.0376 e. The molecule has 0 heterocycles. The van der Waals surface area contributed by atoms with Gasteiger partial charge in [-0.1, -0.05) is 32.6 Å². The zero-order valence-electron chi connectivity index (χ0n) is 13.5. The third kappa shape index (κ3) is 5.16. The van der Waals surface area contributed by atoms with Gasteiger partial charge in [-0.25, -0.2) is 0 Å². The maximum Gasteiger partial charge on any atom is 0.0376 e. The van der Waals surface area contributed by atoms with Crippen LogP contribution in [-0.2, 0) is 0 Å². The van der Waals surface area contributed by atoms with Gasteiger partial charge in [0.2, 0.25) is 0 Å². The third-order valence-corrected chi connectivity index (χ3v) is 4.12. The Morgan fingerprint density at radius 3 is 2.21 bits per heavy atom. The second-order valence-electron chi connectivity index (χ2n) is 7.64. The quantitative estimate of drug-likeness (QED) is 0.449. The summed E-state index contributed by atoms with van der Waals surface area (Å²) >= 11 is 0. The van der Waals surface area contributed by atoms with Crippen LogP contribution in [0, 0.1) is 28.6 Å². The highest BCUT2D eigenvalue weighted by Gasteiger charge is 2.40. The van der Waals surface area contributed by atoms with E-state index in [1.165, 1.54) is 32.1 Å². The fraction of sp³-hybridized carbons (Fsp3) is 0.882. The highest BCUT2D eigenvalue weighted by molar-refractivity contribution is 5.10. The fourth-order valence-corrected chi connectivity index (χ4v) is 3.46. The van der Waals surface area contributed by atoms with Gasteiger partial charge >= 0.3 is 0 Å². The maximum absolute atomic E-state index is 5.85. The molecule has 0 amide bonds. The summed E-state index contributed by atoms with van der Waals surface area (Å²) < 4.78 is 0. The van der Waals surface area contributed by atoms with Gasteiger partial charge in [0.15, 0.2) is 0 Å². The van der Waals surface area contributed by atoms with Crippen LogP contribution in [0.5, 0.6) is 0 Å². The van der Waals surface area contributed by atoms with E-state index in [-0.39, 0.29) is 5.41 Å². The van der Waals surface area contributed by atoms with E-state index in [4.69, 9.17) is 5.84 Å². The van der Waals surface area contributed by atoms with Gasteiger partial charge in [0.1, 0.15) is 0 Å². The molecule has 0 radical (unpaired) electrons. The molecule has 1 rings (SSSR count). The zero-order chi connectivity index (χ0) is 14.5. The van der Waals surface area contributed by atoms with Crippen LogP contribution in [0.1, 0.15) is 73.1 Å². The number of hydrogen-bond acceptors (Lipinski definition) is 2. The lowest BCUT2D eigenvalue weighted by molar-refractivity contribution is 0.157. The molecule has 110 valence electrons.